The van der Waals surface area contributed by atoms with Crippen LogP contribution in [0, 0.1) is 0 Å². The second-order valence-corrected chi connectivity index (χ2v) is 6.93. The molecule has 0 saturated carbocycles. The van der Waals surface area contributed by atoms with Gasteiger partial charge in [-0.3, -0.25) is 9.80 Å². The Balaban J connectivity index is 1.67. The number of benzene rings is 1. The summed E-state index contributed by atoms with van der Waals surface area (Å²) in [4.78, 5) is 5.00. The Morgan fingerprint density at radius 2 is 1.92 bits per heavy atom. The van der Waals surface area contributed by atoms with E-state index in [2.05, 4.69) is 69.2 Å². The first kappa shape index (κ1) is 18.7. The molecule has 1 atom stereocenters. The third-order valence-corrected chi connectivity index (χ3v) is 5.11. The molecule has 2 heterocycles. The predicted molar refractivity (Wildman–Crippen MR) is 104 cm³/mol. The molecule has 6 nitrogen and oxygen atoms in total. The van der Waals surface area contributed by atoms with Crippen LogP contribution in [0.4, 0.5) is 0 Å². The van der Waals surface area contributed by atoms with Gasteiger partial charge in [0.1, 0.15) is 0 Å². The zero-order valence-electron chi connectivity index (χ0n) is 15.8. The third kappa shape index (κ3) is 4.77. The zero-order chi connectivity index (χ0) is 18.2. The van der Waals surface area contributed by atoms with E-state index in [1.807, 2.05) is 10.8 Å². The van der Waals surface area contributed by atoms with Gasteiger partial charge in [-0.2, -0.15) is 0 Å². The number of hydrogen-bond donors (Lipinski definition) is 0. The monoisotopic (exact) mass is 354 g/mol. The van der Waals surface area contributed by atoms with Crippen LogP contribution in [-0.4, -0.2) is 62.7 Å². The quantitative estimate of drug-likeness (QED) is 0.648. The number of hydrogen-bond acceptors (Lipinski definition) is 5. The maximum atomic E-state index is 4.41. The van der Waals surface area contributed by atoms with Gasteiger partial charge in [-0.1, -0.05) is 49.8 Å². The molecule has 0 unspecified atom stereocenters. The van der Waals surface area contributed by atoms with Crippen LogP contribution in [0.3, 0.4) is 0 Å². The molecule has 1 aliphatic rings. The molecule has 1 aromatic heterocycles. The molecule has 0 spiro atoms. The van der Waals surface area contributed by atoms with E-state index >= 15 is 0 Å². The van der Waals surface area contributed by atoms with Crippen molar-refractivity contribution in [1.29, 1.82) is 0 Å². The summed E-state index contributed by atoms with van der Waals surface area (Å²) in [5.74, 6) is 1.01. The van der Waals surface area contributed by atoms with Crippen LogP contribution in [0.15, 0.2) is 43.0 Å². The van der Waals surface area contributed by atoms with Crippen LogP contribution in [-0.2, 0) is 13.0 Å². The van der Waals surface area contributed by atoms with Gasteiger partial charge in [0.2, 0.25) is 0 Å². The third-order valence-electron chi connectivity index (χ3n) is 5.11. The summed E-state index contributed by atoms with van der Waals surface area (Å²) in [5.41, 5.74) is 1.32. The van der Waals surface area contributed by atoms with Crippen LogP contribution in [0.2, 0.25) is 0 Å². The molecule has 0 amide bonds. The highest BCUT2D eigenvalue weighted by Crippen LogP contribution is 2.25. The highest BCUT2D eigenvalue weighted by Gasteiger charge is 2.28. The average Bonchev–Trinajstić information content (AvgIpc) is 3.14. The fourth-order valence-corrected chi connectivity index (χ4v) is 3.68. The van der Waals surface area contributed by atoms with Gasteiger partial charge in [-0.05, 0) is 28.8 Å². The second kappa shape index (κ2) is 9.59. The van der Waals surface area contributed by atoms with Crippen LogP contribution < -0.4 is 0 Å². The molecule has 1 aromatic carbocycles. The van der Waals surface area contributed by atoms with E-state index in [0.717, 1.165) is 64.4 Å². The number of rotatable bonds is 9. The maximum absolute atomic E-state index is 4.41. The zero-order valence-corrected chi connectivity index (χ0v) is 15.8. The molecule has 140 valence electrons. The Kier molecular flexibility index (Phi) is 6.91. The smallest absolute Gasteiger partial charge is 0.168 e. The molecule has 3 rings (SSSR count). The van der Waals surface area contributed by atoms with Gasteiger partial charge in [-0.15, -0.1) is 11.7 Å². The molecular formula is C20H30N6. The Labute approximate surface area is 156 Å². The predicted octanol–water partition coefficient (Wildman–Crippen LogP) is 2.56. The van der Waals surface area contributed by atoms with E-state index in [9.17, 15) is 0 Å². The molecule has 2 aromatic rings. The summed E-state index contributed by atoms with van der Waals surface area (Å²) < 4.78 is 2.00. The van der Waals surface area contributed by atoms with Gasteiger partial charge in [0, 0.05) is 39.3 Å². The highest BCUT2D eigenvalue weighted by atomic mass is 15.5. The summed E-state index contributed by atoms with van der Waals surface area (Å²) in [6.45, 7) is 12.2. The van der Waals surface area contributed by atoms with E-state index in [0.29, 0.717) is 6.04 Å². The molecule has 0 aliphatic carbocycles. The summed E-state index contributed by atoms with van der Waals surface area (Å²) in [7, 11) is 0. The molecule has 26 heavy (non-hydrogen) atoms. The summed E-state index contributed by atoms with van der Waals surface area (Å²) in [6, 6.07) is 10.8. The van der Waals surface area contributed by atoms with Crippen molar-refractivity contribution in [1.82, 2.24) is 30.0 Å². The van der Waals surface area contributed by atoms with E-state index < -0.39 is 0 Å². The van der Waals surface area contributed by atoms with Crippen LogP contribution >= 0.6 is 0 Å². The van der Waals surface area contributed by atoms with Crippen molar-refractivity contribution in [3.8, 4) is 0 Å². The minimum absolute atomic E-state index is 0.302. The van der Waals surface area contributed by atoms with Crippen molar-refractivity contribution < 1.29 is 0 Å². The number of aromatic nitrogens is 4. The van der Waals surface area contributed by atoms with Crippen molar-refractivity contribution in [2.45, 2.75) is 38.8 Å². The van der Waals surface area contributed by atoms with Crippen molar-refractivity contribution in [2.24, 2.45) is 0 Å². The summed E-state index contributed by atoms with van der Waals surface area (Å²) in [6.07, 6.45) is 5.16. The van der Waals surface area contributed by atoms with Gasteiger partial charge < -0.3 is 0 Å². The second-order valence-electron chi connectivity index (χ2n) is 6.93. The number of aryl methyl sites for hydroxylation is 2. The number of tetrazole rings is 1. The van der Waals surface area contributed by atoms with Gasteiger partial charge >= 0.3 is 0 Å². The minimum Gasteiger partial charge on any atom is -0.297 e. The maximum Gasteiger partial charge on any atom is 0.168 e. The van der Waals surface area contributed by atoms with Crippen LogP contribution in [0.1, 0.15) is 37.2 Å². The Morgan fingerprint density at radius 1 is 1.15 bits per heavy atom. The van der Waals surface area contributed by atoms with Crippen LogP contribution in [0.25, 0.3) is 0 Å². The Morgan fingerprint density at radius 3 is 2.62 bits per heavy atom. The Bertz CT molecular complexity index is 660. The Hall–Kier alpha value is -2.05. The lowest BCUT2D eigenvalue weighted by Gasteiger charge is -2.38. The van der Waals surface area contributed by atoms with Gasteiger partial charge in [0.25, 0.3) is 0 Å². The van der Waals surface area contributed by atoms with Crippen molar-refractivity contribution in [3.05, 3.63) is 54.4 Å². The SMILES string of the molecule is C=CCN1CCN([C@@H](CCC)c2nnnn2CCc2ccccc2)CC1. The highest BCUT2D eigenvalue weighted by molar-refractivity contribution is 5.14. The molecular weight excluding hydrogens is 324 g/mol. The lowest BCUT2D eigenvalue weighted by molar-refractivity contribution is 0.0920. The first-order chi connectivity index (χ1) is 12.8. The van der Waals surface area contributed by atoms with Gasteiger partial charge in [0.15, 0.2) is 5.82 Å². The molecule has 1 aliphatic heterocycles. The summed E-state index contributed by atoms with van der Waals surface area (Å²) >= 11 is 0. The molecule has 0 bridgehead atoms. The molecule has 6 heteroatoms. The lowest BCUT2D eigenvalue weighted by Crippen LogP contribution is -2.48. The largest absolute Gasteiger partial charge is 0.297 e. The number of piperazine rings is 1. The van der Waals surface area contributed by atoms with E-state index in [-0.39, 0.29) is 0 Å². The minimum atomic E-state index is 0.302. The van der Waals surface area contributed by atoms with Gasteiger partial charge in [0.05, 0.1) is 6.04 Å². The molecule has 0 N–H and O–H groups in total. The topological polar surface area (TPSA) is 50.1 Å². The van der Waals surface area contributed by atoms with Crippen molar-refractivity contribution >= 4 is 0 Å². The van der Waals surface area contributed by atoms with Crippen molar-refractivity contribution in [2.75, 3.05) is 32.7 Å². The van der Waals surface area contributed by atoms with Crippen LogP contribution in [0.5, 0.6) is 0 Å². The van der Waals surface area contributed by atoms with Crippen molar-refractivity contribution in [3.63, 3.8) is 0 Å². The van der Waals surface area contributed by atoms with E-state index in [4.69, 9.17) is 0 Å². The average molecular weight is 355 g/mol. The molecule has 1 saturated heterocycles. The number of nitrogens with zero attached hydrogens (tertiary/aromatic N) is 6. The molecule has 1 fully saturated rings. The first-order valence-corrected chi connectivity index (χ1v) is 9.69. The normalized spacial score (nSPS) is 17.3. The first-order valence-electron chi connectivity index (χ1n) is 9.69. The van der Waals surface area contributed by atoms with E-state index in [1.165, 1.54) is 5.56 Å². The fraction of sp³-hybridized carbons (Fsp3) is 0.550. The standard InChI is InChI=1S/C20H30N6/c1-3-8-19(25-16-14-24(12-4-2)15-17-25)20-21-22-23-26(20)13-11-18-9-6-5-7-10-18/h4-7,9-10,19H,2-3,8,11-17H2,1H3/t19-/m0/s1. The van der Waals surface area contributed by atoms with E-state index in [1.54, 1.807) is 0 Å². The molecule has 0 radical (unpaired) electrons. The fourth-order valence-electron chi connectivity index (χ4n) is 3.68. The van der Waals surface area contributed by atoms with Gasteiger partial charge in [-0.25, -0.2) is 4.68 Å². The lowest BCUT2D eigenvalue weighted by atomic mass is 10.1. The summed E-state index contributed by atoms with van der Waals surface area (Å²) in [5, 5.41) is 12.7.